The second-order valence-electron chi connectivity index (χ2n) is 4.64. The minimum absolute atomic E-state index is 0.0874. The lowest BCUT2D eigenvalue weighted by Gasteiger charge is -2.34. The molecule has 0 aliphatic rings. The van der Waals surface area contributed by atoms with E-state index in [9.17, 15) is 4.79 Å². The Hall–Kier alpha value is -1.52. The molecule has 90 valence electrons. The summed E-state index contributed by atoms with van der Waals surface area (Å²) in [5.41, 5.74) is 6.67. The van der Waals surface area contributed by atoms with Crippen molar-refractivity contribution in [2.24, 2.45) is 0 Å². The molecule has 1 amide bonds. The summed E-state index contributed by atoms with van der Waals surface area (Å²) in [6.45, 7) is 7.89. The largest absolute Gasteiger partial charge is 0.382 e. The Labute approximate surface area is 96.0 Å². The van der Waals surface area contributed by atoms with Crippen molar-refractivity contribution in [2.75, 3.05) is 12.8 Å². The highest BCUT2D eigenvalue weighted by atomic mass is 16.2. The zero-order valence-corrected chi connectivity index (χ0v) is 10.6. The quantitative estimate of drug-likeness (QED) is 0.818. The fourth-order valence-electron chi connectivity index (χ4n) is 1.40. The zero-order chi connectivity index (χ0) is 12.5. The van der Waals surface area contributed by atoms with E-state index in [0.717, 1.165) is 6.42 Å². The average Bonchev–Trinajstić information content (AvgIpc) is 2.56. The molecule has 0 radical (unpaired) electrons. The summed E-state index contributed by atoms with van der Waals surface area (Å²) in [6.07, 6.45) is 0.881. The number of carbonyl (C=O) groups is 1. The van der Waals surface area contributed by atoms with Crippen LogP contribution < -0.4 is 5.73 Å². The number of hydrogen-bond donors (Lipinski definition) is 2. The lowest BCUT2D eigenvalue weighted by Crippen LogP contribution is -2.44. The van der Waals surface area contributed by atoms with Crippen LogP contribution in [0.4, 0.5) is 5.82 Å². The predicted octanol–water partition coefficient (Wildman–Crippen LogP) is 1.56. The fraction of sp³-hybridized carbons (Fsp3) is 0.636. The molecule has 0 fully saturated rings. The van der Waals surface area contributed by atoms with Crippen LogP contribution in [0.1, 0.15) is 43.2 Å². The number of H-pyrrole nitrogens is 1. The van der Waals surface area contributed by atoms with Crippen molar-refractivity contribution >= 4 is 11.7 Å². The summed E-state index contributed by atoms with van der Waals surface area (Å²) in [5, 5.41) is 6.55. The molecule has 0 atom stereocenters. The summed E-state index contributed by atoms with van der Waals surface area (Å²) in [5.74, 6) is 0.178. The van der Waals surface area contributed by atoms with Crippen LogP contribution in [0.3, 0.4) is 0 Å². The van der Waals surface area contributed by atoms with Gasteiger partial charge in [-0.1, -0.05) is 6.92 Å². The molecular weight excluding hydrogens is 204 g/mol. The van der Waals surface area contributed by atoms with Crippen molar-refractivity contribution in [3.63, 3.8) is 0 Å². The topological polar surface area (TPSA) is 75.0 Å². The van der Waals surface area contributed by atoms with Crippen LogP contribution in [0.25, 0.3) is 0 Å². The molecule has 0 saturated carbocycles. The molecule has 0 bridgehead atoms. The van der Waals surface area contributed by atoms with E-state index in [2.05, 4.69) is 17.1 Å². The van der Waals surface area contributed by atoms with Crippen molar-refractivity contribution in [3.05, 3.63) is 11.3 Å². The van der Waals surface area contributed by atoms with Gasteiger partial charge in [-0.15, -0.1) is 0 Å². The molecule has 0 aromatic carbocycles. The number of nitrogens with two attached hydrogens (primary N) is 1. The highest BCUT2D eigenvalue weighted by molar-refractivity contribution is 5.99. The van der Waals surface area contributed by atoms with Gasteiger partial charge < -0.3 is 10.6 Å². The van der Waals surface area contributed by atoms with Crippen molar-refractivity contribution in [1.82, 2.24) is 15.1 Å². The minimum Gasteiger partial charge on any atom is -0.382 e. The SMILES string of the molecule is CCC(C)(C)N(C)C(=O)c1c(N)n[nH]c1C. The van der Waals surface area contributed by atoms with Crippen molar-refractivity contribution in [2.45, 2.75) is 39.7 Å². The van der Waals surface area contributed by atoms with E-state index in [1.807, 2.05) is 13.8 Å². The molecule has 0 aliphatic heterocycles. The Morgan fingerprint density at radius 3 is 2.50 bits per heavy atom. The minimum atomic E-state index is -0.187. The van der Waals surface area contributed by atoms with E-state index in [-0.39, 0.29) is 17.3 Å². The van der Waals surface area contributed by atoms with Gasteiger partial charge in [0.2, 0.25) is 0 Å². The molecule has 0 spiro atoms. The Kier molecular flexibility index (Phi) is 3.26. The van der Waals surface area contributed by atoms with Crippen LogP contribution in [-0.2, 0) is 0 Å². The number of nitrogens with zero attached hydrogens (tertiary/aromatic N) is 2. The smallest absolute Gasteiger partial charge is 0.259 e. The lowest BCUT2D eigenvalue weighted by molar-refractivity contribution is 0.0620. The summed E-state index contributed by atoms with van der Waals surface area (Å²) < 4.78 is 0. The molecule has 5 heteroatoms. The second-order valence-corrected chi connectivity index (χ2v) is 4.64. The van der Waals surface area contributed by atoms with E-state index < -0.39 is 0 Å². The third-order valence-corrected chi connectivity index (χ3v) is 3.27. The Bertz CT molecular complexity index is 375. The van der Waals surface area contributed by atoms with Crippen LogP contribution in [0.15, 0.2) is 0 Å². The van der Waals surface area contributed by atoms with Gasteiger partial charge in [0.25, 0.3) is 5.91 Å². The number of nitrogens with one attached hydrogen (secondary N) is 1. The van der Waals surface area contributed by atoms with Gasteiger partial charge in [-0.3, -0.25) is 9.89 Å². The van der Waals surface area contributed by atoms with Crippen LogP contribution in [0.5, 0.6) is 0 Å². The summed E-state index contributed by atoms with van der Waals surface area (Å²) >= 11 is 0. The number of amides is 1. The van der Waals surface area contributed by atoms with Gasteiger partial charge in [0, 0.05) is 18.3 Å². The van der Waals surface area contributed by atoms with Gasteiger partial charge in [-0.25, -0.2) is 0 Å². The number of aromatic amines is 1. The first-order valence-corrected chi connectivity index (χ1v) is 5.40. The molecular formula is C11H20N4O. The maximum Gasteiger partial charge on any atom is 0.259 e. The van der Waals surface area contributed by atoms with Gasteiger partial charge >= 0.3 is 0 Å². The van der Waals surface area contributed by atoms with E-state index in [0.29, 0.717) is 11.3 Å². The number of aryl methyl sites for hydroxylation is 1. The first-order chi connectivity index (χ1) is 7.31. The third kappa shape index (κ3) is 2.03. The molecule has 5 nitrogen and oxygen atoms in total. The van der Waals surface area contributed by atoms with E-state index in [1.54, 1.807) is 18.9 Å². The second kappa shape index (κ2) is 4.15. The normalized spacial score (nSPS) is 11.6. The molecule has 16 heavy (non-hydrogen) atoms. The maximum absolute atomic E-state index is 12.2. The fourth-order valence-corrected chi connectivity index (χ4v) is 1.40. The van der Waals surface area contributed by atoms with Crippen molar-refractivity contribution in [3.8, 4) is 0 Å². The van der Waals surface area contributed by atoms with Gasteiger partial charge in [0.05, 0.1) is 0 Å². The monoisotopic (exact) mass is 224 g/mol. The highest BCUT2D eigenvalue weighted by Gasteiger charge is 2.29. The summed E-state index contributed by atoms with van der Waals surface area (Å²) in [7, 11) is 1.79. The molecule has 1 rings (SSSR count). The molecule has 1 aromatic rings. The van der Waals surface area contributed by atoms with Gasteiger partial charge in [0.1, 0.15) is 5.56 Å². The van der Waals surface area contributed by atoms with Crippen LogP contribution >= 0.6 is 0 Å². The Balaban J connectivity index is 3.04. The lowest BCUT2D eigenvalue weighted by atomic mass is 9.99. The van der Waals surface area contributed by atoms with Crippen LogP contribution in [0, 0.1) is 6.92 Å². The molecule has 3 N–H and O–H groups in total. The van der Waals surface area contributed by atoms with Gasteiger partial charge in [-0.2, -0.15) is 5.10 Å². The van der Waals surface area contributed by atoms with Gasteiger partial charge in [0.15, 0.2) is 5.82 Å². The maximum atomic E-state index is 12.2. The first-order valence-electron chi connectivity index (χ1n) is 5.40. The number of aromatic nitrogens is 2. The van der Waals surface area contributed by atoms with Crippen molar-refractivity contribution < 1.29 is 4.79 Å². The third-order valence-electron chi connectivity index (χ3n) is 3.27. The Morgan fingerprint density at radius 1 is 1.56 bits per heavy atom. The highest BCUT2D eigenvalue weighted by Crippen LogP contribution is 2.22. The molecule has 1 heterocycles. The van der Waals surface area contributed by atoms with E-state index >= 15 is 0 Å². The number of nitrogen functional groups attached to an aromatic ring is 1. The van der Waals surface area contributed by atoms with Crippen LogP contribution in [0.2, 0.25) is 0 Å². The molecule has 0 aliphatic carbocycles. The van der Waals surface area contributed by atoms with E-state index in [1.165, 1.54) is 0 Å². The number of carbonyl (C=O) groups excluding carboxylic acids is 1. The summed E-state index contributed by atoms with van der Waals surface area (Å²) in [4.78, 5) is 13.9. The zero-order valence-electron chi connectivity index (χ0n) is 10.6. The van der Waals surface area contributed by atoms with Gasteiger partial charge in [-0.05, 0) is 27.2 Å². The molecule has 0 unspecified atom stereocenters. The average molecular weight is 224 g/mol. The number of anilines is 1. The Morgan fingerprint density at radius 2 is 2.12 bits per heavy atom. The molecule has 0 saturated heterocycles. The van der Waals surface area contributed by atoms with E-state index in [4.69, 9.17) is 5.73 Å². The summed E-state index contributed by atoms with van der Waals surface area (Å²) in [6, 6.07) is 0. The first kappa shape index (κ1) is 12.5. The number of hydrogen-bond acceptors (Lipinski definition) is 3. The number of rotatable bonds is 3. The molecule has 1 aromatic heterocycles. The predicted molar refractivity (Wildman–Crippen MR) is 64.2 cm³/mol. The van der Waals surface area contributed by atoms with Crippen LogP contribution in [-0.4, -0.2) is 33.6 Å². The standard InChI is InChI=1S/C11H20N4O/c1-6-11(3,4)15(5)10(16)8-7(2)13-14-9(8)12/h6H2,1-5H3,(H3,12,13,14). The van der Waals surface area contributed by atoms with Crippen molar-refractivity contribution in [1.29, 1.82) is 0 Å².